The highest BCUT2D eigenvalue weighted by molar-refractivity contribution is 8.00. The Bertz CT molecular complexity index is 920. The van der Waals surface area contributed by atoms with E-state index in [0.717, 1.165) is 0 Å². The van der Waals surface area contributed by atoms with Gasteiger partial charge in [-0.1, -0.05) is 30.3 Å². The number of nitrogens with one attached hydrogen (secondary N) is 3. The maximum atomic E-state index is 12.7. The van der Waals surface area contributed by atoms with E-state index in [2.05, 4.69) is 39.7 Å². The Morgan fingerprint density at radius 1 is 1.13 bits per heavy atom. The van der Waals surface area contributed by atoms with Gasteiger partial charge in [-0.15, -0.1) is 11.8 Å². The van der Waals surface area contributed by atoms with Crippen LogP contribution in [0.4, 0.5) is 5.69 Å². The van der Waals surface area contributed by atoms with Crippen molar-refractivity contribution >= 4 is 35.2 Å². The zero-order valence-corrected chi connectivity index (χ0v) is 18.6. The summed E-state index contributed by atoms with van der Waals surface area (Å²) in [5, 5.41) is 9.35. The van der Waals surface area contributed by atoms with E-state index in [1.807, 2.05) is 25.1 Å². The first-order valence-corrected chi connectivity index (χ1v) is 11.1. The minimum Gasteiger partial charge on any atom is -0.465 e. The second-order valence-corrected chi connectivity index (χ2v) is 8.91. The molecule has 31 heavy (non-hydrogen) atoms. The molecule has 7 nitrogen and oxygen atoms in total. The smallest absolute Gasteiger partial charge is 0.337 e. The van der Waals surface area contributed by atoms with Crippen molar-refractivity contribution in [3.63, 3.8) is 0 Å². The number of thioether (sulfide) groups is 1. The maximum absolute atomic E-state index is 12.7. The summed E-state index contributed by atoms with van der Waals surface area (Å²) in [5.74, 6) is -1.31. The third kappa shape index (κ3) is 6.08. The van der Waals surface area contributed by atoms with Gasteiger partial charge in [0.1, 0.15) is 5.50 Å². The van der Waals surface area contributed by atoms with Crippen LogP contribution in [0.15, 0.2) is 54.6 Å². The number of ether oxygens (including phenoxy) is 1. The lowest BCUT2D eigenvalue weighted by Crippen LogP contribution is -2.59. The second-order valence-electron chi connectivity index (χ2n) is 7.46. The third-order valence-electron chi connectivity index (χ3n) is 5.23. The highest BCUT2D eigenvalue weighted by Gasteiger charge is 2.35. The van der Waals surface area contributed by atoms with E-state index in [1.54, 1.807) is 36.0 Å². The molecule has 2 aromatic carbocycles. The van der Waals surface area contributed by atoms with Crippen molar-refractivity contribution in [2.75, 3.05) is 12.4 Å². The average molecular weight is 442 g/mol. The van der Waals surface area contributed by atoms with Crippen LogP contribution >= 0.6 is 11.8 Å². The molecular weight excluding hydrogens is 414 g/mol. The summed E-state index contributed by atoms with van der Waals surface area (Å²) in [6.45, 7) is 4.02. The SMILES string of the molecule is COC(=O)c1ccc(NC(=O)CC2C(=O)NC(SC(C)c3ccccc3)NC2C)cc1. The number of esters is 1. The van der Waals surface area contributed by atoms with Gasteiger partial charge >= 0.3 is 5.97 Å². The predicted octanol–water partition coefficient (Wildman–Crippen LogP) is 3.30. The Morgan fingerprint density at radius 2 is 1.81 bits per heavy atom. The van der Waals surface area contributed by atoms with E-state index in [9.17, 15) is 14.4 Å². The van der Waals surface area contributed by atoms with E-state index < -0.39 is 11.9 Å². The summed E-state index contributed by atoms with van der Waals surface area (Å²) in [6.07, 6.45) is 0.0599. The van der Waals surface area contributed by atoms with E-state index in [4.69, 9.17) is 0 Å². The number of anilines is 1. The van der Waals surface area contributed by atoms with Crippen LogP contribution in [-0.4, -0.2) is 36.4 Å². The number of hydrogen-bond donors (Lipinski definition) is 3. The molecule has 3 rings (SSSR count). The monoisotopic (exact) mass is 441 g/mol. The van der Waals surface area contributed by atoms with Crippen LogP contribution in [0.3, 0.4) is 0 Å². The molecule has 4 atom stereocenters. The molecule has 0 radical (unpaired) electrons. The molecule has 3 N–H and O–H groups in total. The highest BCUT2D eigenvalue weighted by Crippen LogP contribution is 2.32. The van der Waals surface area contributed by atoms with E-state index >= 15 is 0 Å². The molecule has 1 fully saturated rings. The third-order valence-corrected chi connectivity index (χ3v) is 6.44. The largest absolute Gasteiger partial charge is 0.465 e. The first-order valence-electron chi connectivity index (χ1n) is 10.1. The molecule has 1 aliphatic rings. The van der Waals surface area contributed by atoms with Crippen molar-refractivity contribution in [2.45, 2.75) is 37.1 Å². The minimum absolute atomic E-state index is 0.0599. The van der Waals surface area contributed by atoms with Gasteiger partial charge in [0.05, 0.1) is 18.6 Å². The van der Waals surface area contributed by atoms with E-state index in [-0.39, 0.29) is 35.0 Å². The summed E-state index contributed by atoms with van der Waals surface area (Å²) in [4.78, 5) is 36.6. The Labute approximate surface area is 186 Å². The summed E-state index contributed by atoms with van der Waals surface area (Å²) in [7, 11) is 1.31. The van der Waals surface area contributed by atoms with Gasteiger partial charge < -0.3 is 15.4 Å². The summed E-state index contributed by atoms with van der Waals surface area (Å²) in [6, 6.07) is 16.4. The minimum atomic E-state index is -0.474. The average Bonchev–Trinajstić information content (AvgIpc) is 2.77. The normalized spacial score (nSPS) is 21.6. The Morgan fingerprint density at radius 3 is 2.42 bits per heavy atom. The van der Waals surface area contributed by atoms with Crippen molar-refractivity contribution in [3.8, 4) is 0 Å². The number of amides is 2. The molecule has 1 saturated heterocycles. The molecule has 8 heteroatoms. The van der Waals surface area contributed by atoms with Gasteiger partial charge in [-0.3, -0.25) is 14.9 Å². The van der Waals surface area contributed by atoms with Crippen molar-refractivity contribution in [1.29, 1.82) is 0 Å². The zero-order chi connectivity index (χ0) is 22.4. The molecule has 0 bridgehead atoms. The fraction of sp³-hybridized carbons (Fsp3) is 0.348. The molecule has 0 saturated carbocycles. The Balaban J connectivity index is 1.52. The molecule has 2 amide bonds. The van der Waals surface area contributed by atoms with Crippen molar-refractivity contribution in [1.82, 2.24) is 10.6 Å². The molecule has 4 unspecified atom stereocenters. The van der Waals surface area contributed by atoms with E-state index in [1.165, 1.54) is 12.7 Å². The van der Waals surface area contributed by atoms with Crippen molar-refractivity contribution < 1.29 is 19.1 Å². The zero-order valence-electron chi connectivity index (χ0n) is 17.8. The summed E-state index contributed by atoms with van der Waals surface area (Å²) >= 11 is 1.63. The fourth-order valence-electron chi connectivity index (χ4n) is 3.43. The lowest BCUT2D eigenvalue weighted by Gasteiger charge is -2.36. The van der Waals surface area contributed by atoms with Crippen LogP contribution in [-0.2, 0) is 14.3 Å². The summed E-state index contributed by atoms with van der Waals surface area (Å²) in [5.41, 5.74) is 1.93. The first-order chi connectivity index (χ1) is 14.9. The first kappa shape index (κ1) is 22.8. The number of carbonyl (C=O) groups is 3. The molecule has 1 aliphatic heterocycles. The van der Waals surface area contributed by atoms with Gasteiger partial charge in [0.15, 0.2) is 0 Å². The van der Waals surface area contributed by atoms with Gasteiger partial charge in [-0.2, -0.15) is 0 Å². The van der Waals surface area contributed by atoms with Crippen molar-refractivity contribution in [2.24, 2.45) is 5.92 Å². The van der Waals surface area contributed by atoms with E-state index in [0.29, 0.717) is 11.3 Å². The number of hydrogen-bond acceptors (Lipinski definition) is 6. The van der Waals surface area contributed by atoms with Crippen LogP contribution in [0.2, 0.25) is 0 Å². The number of rotatable bonds is 7. The van der Waals surface area contributed by atoms with Crippen LogP contribution < -0.4 is 16.0 Å². The maximum Gasteiger partial charge on any atom is 0.337 e. The standard InChI is InChI=1S/C23H27N3O4S/c1-14-19(13-20(27)25-18-11-9-17(10-12-18)22(29)30-3)21(28)26-23(24-14)31-15(2)16-7-5-4-6-8-16/h4-12,14-15,19,23-24H,13H2,1-3H3,(H,25,27)(H,26,28). The number of methoxy groups -OCH3 is 1. The summed E-state index contributed by atoms with van der Waals surface area (Å²) < 4.78 is 4.66. The van der Waals surface area contributed by atoms with Crippen LogP contribution in [0, 0.1) is 5.92 Å². The molecule has 2 aromatic rings. The van der Waals surface area contributed by atoms with Gasteiger partial charge in [0, 0.05) is 23.4 Å². The lowest BCUT2D eigenvalue weighted by atomic mass is 9.94. The van der Waals surface area contributed by atoms with Crippen LogP contribution in [0.1, 0.15) is 41.4 Å². The molecule has 164 valence electrons. The Hall–Kier alpha value is -2.84. The van der Waals surface area contributed by atoms with Gasteiger partial charge in [0.2, 0.25) is 11.8 Å². The fourth-order valence-corrected chi connectivity index (χ4v) is 4.63. The molecular formula is C23H27N3O4S. The molecule has 0 aliphatic carbocycles. The highest BCUT2D eigenvalue weighted by atomic mass is 32.2. The van der Waals surface area contributed by atoms with Gasteiger partial charge in [-0.05, 0) is 43.7 Å². The second kappa shape index (κ2) is 10.5. The van der Waals surface area contributed by atoms with Crippen LogP contribution in [0.25, 0.3) is 0 Å². The van der Waals surface area contributed by atoms with Crippen LogP contribution in [0.5, 0.6) is 0 Å². The van der Waals surface area contributed by atoms with Gasteiger partial charge in [-0.25, -0.2) is 4.79 Å². The number of carbonyl (C=O) groups excluding carboxylic acids is 3. The Kier molecular flexibility index (Phi) is 7.70. The quantitative estimate of drug-likeness (QED) is 0.571. The molecule has 0 aromatic heterocycles. The predicted molar refractivity (Wildman–Crippen MR) is 121 cm³/mol. The molecule has 1 heterocycles. The lowest BCUT2D eigenvalue weighted by molar-refractivity contribution is -0.131. The number of benzene rings is 2. The topological polar surface area (TPSA) is 96.5 Å². The molecule has 0 spiro atoms. The van der Waals surface area contributed by atoms with Crippen molar-refractivity contribution in [3.05, 3.63) is 65.7 Å². The van der Waals surface area contributed by atoms with Gasteiger partial charge in [0.25, 0.3) is 0 Å².